The molecule has 0 saturated carbocycles. The van der Waals surface area contributed by atoms with E-state index in [4.69, 9.17) is 0 Å². The van der Waals surface area contributed by atoms with E-state index in [1.54, 1.807) is 6.92 Å². The van der Waals surface area contributed by atoms with Gasteiger partial charge >= 0.3 is 6.18 Å². The van der Waals surface area contributed by atoms with Crippen LogP contribution in [-0.2, 0) is 6.18 Å². The molecule has 0 fully saturated rings. The zero-order valence-corrected chi connectivity index (χ0v) is 41.0. The lowest BCUT2D eigenvalue weighted by molar-refractivity contribution is -0.137. The maximum atomic E-state index is 15.1. The average molecular weight is 952 g/mol. The van der Waals surface area contributed by atoms with E-state index in [1.807, 2.05) is 18.2 Å². The van der Waals surface area contributed by atoms with Gasteiger partial charge in [-0.3, -0.25) is 0 Å². The summed E-state index contributed by atoms with van der Waals surface area (Å²) in [6.07, 6.45) is -4.62. The molecule has 12 aromatic rings. The van der Waals surface area contributed by atoms with Gasteiger partial charge in [-0.15, -0.1) is 0 Å². The van der Waals surface area contributed by atoms with Crippen molar-refractivity contribution in [1.29, 1.82) is 5.26 Å². The summed E-state index contributed by atoms with van der Waals surface area (Å²) in [5.41, 5.74) is 18.7. The quantitative estimate of drug-likeness (QED) is 0.157. The molecule has 0 bridgehead atoms. The molecule has 73 heavy (non-hydrogen) atoms. The van der Waals surface area contributed by atoms with Crippen LogP contribution in [0.1, 0.15) is 38.9 Å². The van der Waals surface area contributed by atoms with Crippen LogP contribution in [0.5, 0.6) is 0 Å². The molecule has 2 heterocycles. The fourth-order valence-corrected chi connectivity index (χ4v) is 10.7. The van der Waals surface area contributed by atoms with Crippen LogP contribution >= 0.6 is 0 Å². The zero-order chi connectivity index (χ0) is 50.3. The van der Waals surface area contributed by atoms with Gasteiger partial charge in [-0.25, -0.2) is 0 Å². The maximum absolute atomic E-state index is 15.1. The number of nitrogens with zero attached hydrogens (tertiary/aromatic N) is 3. The van der Waals surface area contributed by atoms with Crippen LogP contribution in [0.2, 0.25) is 0 Å². The lowest BCUT2D eigenvalue weighted by atomic mass is 9.94. The molecule has 0 amide bonds. The number of hydrogen-bond donors (Lipinski definition) is 0. The Hall–Kier alpha value is -8.92. The van der Waals surface area contributed by atoms with Crippen LogP contribution in [0, 0.1) is 45.9 Å². The van der Waals surface area contributed by atoms with Gasteiger partial charge in [0.1, 0.15) is 0 Å². The van der Waals surface area contributed by atoms with E-state index in [0.29, 0.717) is 33.6 Å². The van der Waals surface area contributed by atoms with E-state index in [9.17, 15) is 5.26 Å². The number of benzene rings is 10. The minimum absolute atomic E-state index is 0.363. The minimum atomic E-state index is -4.62. The molecular weight excluding hydrogens is 904 g/mol. The van der Waals surface area contributed by atoms with Gasteiger partial charge in [0.2, 0.25) is 0 Å². The molecule has 0 radical (unpaired) electrons. The summed E-state index contributed by atoms with van der Waals surface area (Å²) in [6.45, 7) is 10.0. The Labute approximate surface area is 422 Å². The van der Waals surface area contributed by atoms with E-state index >= 15 is 13.2 Å². The van der Waals surface area contributed by atoms with Gasteiger partial charge in [0, 0.05) is 27.1 Å². The largest absolute Gasteiger partial charge is 0.416 e. The number of aromatic nitrogens is 2. The van der Waals surface area contributed by atoms with Gasteiger partial charge in [-0.2, -0.15) is 18.4 Å². The molecule has 0 aliphatic heterocycles. The predicted molar refractivity (Wildman–Crippen MR) is 296 cm³/mol. The molecule has 0 unspecified atom stereocenters. The number of halogens is 3. The standard InChI is InChI=1S/C67H48F3N3/c1-40-6-14-46(15-7-40)50-22-26-60-56(35-50)57-36-51(47-16-8-41(2)9-17-47)23-27-61(57)72(60)64-32-45(39-71)33-65(66(64)54-30-44(5)31-55(34-54)67(68,69)70)73-62-28-24-52(48-18-10-42(3)11-19-48)37-58(62)59-38-53(25-29-63(59)73)49-20-12-43(4)13-21-49/h6-38H,1-5H3. The van der Waals surface area contributed by atoms with Gasteiger partial charge in [-0.1, -0.05) is 150 Å². The van der Waals surface area contributed by atoms with Crippen molar-refractivity contribution in [2.45, 2.75) is 40.8 Å². The first kappa shape index (κ1) is 45.2. The molecular formula is C67H48F3N3. The molecule has 2 aromatic heterocycles. The fraction of sp³-hybridized carbons (Fsp3) is 0.0896. The normalized spacial score (nSPS) is 11.8. The number of alkyl halides is 3. The van der Waals surface area contributed by atoms with Crippen LogP contribution in [0.3, 0.4) is 0 Å². The summed E-state index contributed by atoms with van der Waals surface area (Å²) in [6, 6.07) is 70.1. The third kappa shape index (κ3) is 8.04. The first-order chi connectivity index (χ1) is 35.3. The van der Waals surface area contributed by atoms with E-state index < -0.39 is 11.7 Å². The Morgan fingerprint density at radius 3 is 0.918 bits per heavy atom. The monoisotopic (exact) mass is 951 g/mol. The molecule has 0 atom stereocenters. The number of rotatable bonds is 7. The van der Waals surface area contributed by atoms with Crippen LogP contribution in [-0.4, -0.2) is 9.13 Å². The second kappa shape index (κ2) is 17.4. The molecule has 0 N–H and O–H groups in total. The first-order valence-corrected chi connectivity index (χ1v) is 24.5. The second-order valence-corrected chi connectivity index (χ2v) is 19.6. The van der Waals surface area contributed by atoms with E-state index in [0.717, 1.165) is 110 Å². The summed E-state index contributed by atoms with van der Waals surface area (Å²) < 4.78 is 49.6. The van der Waals surface area contributed by atoms with Crippen LogP contribution in [0.4, 0.5) is 13.2 Å². The van der Waals surface area contributed by atoms with Crippen molar-refractivity contribution in [2.75, 3.05) is 0 Å². The van der Waals surface area contributed by atoms with Gasteiger partial charge < -0.3 is 9.13 Å². The van der Waals surface area contributed by atoms with Gasteiger partial charge in [0.05, 0.1) is 50.6 Å². The highest BCUT2D eigenvalue weighted by Crippen LogP contribution is 2.46. The topological polar surface area (TPSA) is 33.6 Å². The summed E-state index contributed by atoms with van der Waals surface area (Å²) in [7, 11) is 0. The third-order valence-electron chi connectivity index (χ3n) is 14.5. The Kier molecular flexibility index (Phi) is 10.8. The van der Waals surface area contributed by atoms with E-state index in [2.05, 4.69) is 213 Å². The average Bonchev–Trinajstić information content (AvgIpc) is 3.90. The fourth-order valence-electron chi connectivity index (χ4n) is 10.7. The van der Waals surface area contributed by atoms with Gasteiger partial charge in [0.25, 0.3) is 0 Å². The van der Waals surface area contributed by atoms with E-state index in [-0.39, 0.29) is 0 Å². The number of aryl methyl sites for hydroxylation is 5. The first-order valence-electron chi connectivity index (χ1n) is 24.5. The minimum Gasteiger partial charge on any atom is -0.308 e. The van der Waals surface area contributed by atoms with Crippen molar-refractivity contribution in [3.8, 4) is 73.1 Å². The molecule has 0 saturated heterocycles. The number of hydrogen-bond acceptors (Lipinski definition) is 1. The SMILES string of the molecule is Cc1ccc(-c2ccc3c(c2)c2cc(-c4ccc(C)cc4)ccc2n3-c2cc(C#N)cc(-n3c4ccc(-c5ccc(C)cc5)cc4c4cc(-c5ccc(C)cc5)ccc43)c2-c2cc(C)cc(C(F)(F)F)c2)cc1. The molecule has 3 nitrogen and oxygen atoms in total. The molecule has 0 aliphatic rings. The highest BCUT2D eigenvalue weighted by Gasteiger charge is 2.32. The van der Waals surface area contributed by atoms with Crippen molar-refractivity contribution < 1.29 is 13.2 Å². The Morgan fingerprint density at radius 2 is 0.630 bits per heavy atom. The van der Waals surface area contributed by atoms with Crippen molar-refractivity contribution in [1.82, 2.24) is 9.13 Å². The smallest absolute Gasteiger partial charge is 0.308 e. The molecule has 6 heteroatoms. The maximum Gasteiger partial charge on any atom is 0.416 e. The highest BCUT2D eigenvalue weighted by molar-refractivity contribution is 6.14. The highest BCUT2D eigenvalue weighted by atomic mass is 19.4. The predicted octanol–water partition coefficient (Wildman–Crippen LogP) is 18.6. The third-order valence-corrected chi connectivity index (χ3v) is 14.5. The molecule has 0 aliphatic carbocycles. The van der Waals surface area contributed by atoms with Crippen LogP contribution in [0.25, 0.3) is 111 Å². The van der Waals surface area contributed by atoms with Crippen molar-refractivity contribution in [3.05, 3.63) is 239 Å². The lowest BCUT2D eigenvalue weighted by Gasteiger charge is -2.22. The molecule has 12 rings (SSSR count). The van der Waals surface area contributed by atoms with Crippen molar-refractivity contribution in [3.63, 3.8) is 0 Å². The summed E-state index contributed by atoms with van der Waals surface area (Å²) in [4.78, 5) is 0. The Balaban J connectivity index is 1.21. The Bertz CT molecular complexity index is 3760. The number of fused-ring (bicyclic) bond motifs is 6. The summed E-state index contributed by atoms with van der Waals surface area (Å²) >= 11 is 0. The summed E-state index contributed by atoms with van der Waals surface area (Å²) in [5.74, 6) is 0. The van der Waals surface area contributed by atoms with Crippen LogP contribution in [0.15, 0.2) is 200 Å². The molecule has 10 aromatic carbocycles. The lowest BCUT2D eigenvalue weighted by Crippen LogP contribution is -2.08. The van der Waals surface area contributed by atoms with E-state index in [1.165, 1.54) is 12.1 Å². The zero-order valence-electron chi connectivity index (χ0n) is 41.0. The van der Waals surface area contributed by atoms with Gasteiger partial charge in [0.15, 0.2) is 0 Å². The van der Waals surface area contributed by atoms with Crippen molar-refractivity contribution >= 4 is 43.6 Å². The van der Waals surface area contributed by atoms with Gasteiger partial charge in [-0.05, 0) is 163 Å². The Morgan fingerprint density at radius 1 is 0.329 bits per heavy atom. The van der Waals surface area contributed by atoms with Crippen LogP contribution < -0.4 is 0 Å². The second-order valence-electron chi connectivity index (χ2n) is 19.6. The molecule has 0 spiro atoms. The van der Waals surface area contributed by atoms with Crippen molar-refractivity contribution in [2.24, 2.45) is 0 Å². The molecule has 352 valence electrons. The number of nitriles is 1. The summed E-state index contributed by atoms with van der Waals surface area (Å²) in [5, 5.41) is 15.0.